The minimum absolute atomic E-state index is 0.0551. The van der Waals surface area contributed by atoms with Crippen molar-refractivity contribution in [3.05, 3.63) is 47.9 Å². The molecule has 0 spiro atoms. The van der Waals surface area contributed by atoms with Crippen molar-refractivity contribution in [2.45, 2.75) is 13.8 Å². The number of rotatable bonds is 4. The molecule has 2 rings (SSSR count). The van der Waals surface area contributed by atoms with E-state index in [1.165, 1.54) is 6.20 Å². The third-order valence-electron chi connectivity index (χ3n) is 2.40. The molecule has 0 fully saturated rings. The second-order valence-electron chi connectivity index (χ2n) is 3.98. The van der Waals surface area contributed by atoms with E-state index in [4.69, 9.17) is 4.74 Å². The van der Waals surface area contributed by atoms with Crippen LogP contribution in [0.4, 0.5) is 11.5 Å². The summed E-state index contributed by atoms with van der Waals surface area (Å²) < 4.78 is 4.86. The average Bonchev–Trinajstić information content (AvgIpc) is 2.39. The molecule has 5 nitrogen and oxygen atoms in total. The van der Waals surface area contributed by atoms with Crippen LogP contribution in [0.3, 0.4) is 0 Å². The molecular formula is C14H15N3O2. The van der Waals surface area contributed by atoms with Gasteiger partial charge in [-0.2, -0.15) is 0 Å². The number of benzene rings is 1. The van der Waals surface area contributed by atoms with E-state index >= 15 is 0 Å². The standard InChI is InChI=1S/C14H15N3O2/c1-3-19-14(18)13-15-8-7-12(17-13)16-11-6-4-5-10(2)9-11/h4-9H,3H2,1-2H3,(H,15,16,17). The van der Waals surface area contributed by atoms with Crippen molar-refractivity contribution in [2.24, 2.45) is 0 Å². The molecular weight excluding hydrogens is 242 g/mol. The normalized spacial score (nSPS) is 10.0. The Labute approximate surface area is 111 Å². The first-order valence-corrected chi connectivity index (χ1v) is 6.03. The fourth-order valence-electron chi connectivity index (χ4n) is 1.59. The van der Waals surface area contributed by atoms with E-state index < -0.39 is 5.97 Å². The fraction of sp³-hybridized carbons (Fsp3) is 0.214. The van der Waals surface area contributed by atoms with E-state index in [1.54, 1.807) is 13.0 Å². The first kappa shape index (κ1) is 13.0. The van der Waals surface area contributed by atoms with Gasteiger partial charge in [0.05, 0.1) is 6.61 Å². The lowest BCUT2D eigenvalue weighted by Gasteiger charge is -2.07. The van der Waals surface area contributed by atoms with Crippen molar-refractivity contribution in [1.82, 2.24) is 9.97 Å². The molecule has 1 aromatic carbocycles. The maximum Gasteiger partial charge on any atom is 0.376 e. The third kappa shape index (κ3) is 3.51. The van der Waals surface area contributed by atoms with Gasteiger partial charge in [0.15, 0.2) is 0 Å². The van der Waals surface area contributed by atoms with Gasteiger partial charge in [0.2, 0.25) is 5.82 Å². The SMILES string of the molecule is CCOC(=O)c1nccc(Nc2cccc(C)c2)n1. The minimum atomic E-state index is -0.518. The van der Waals surface area contributed by atoms with Gasteiger partial charge in [-0.3, -0.25) is 0 Å². The summed E-state index contributed by atoms with van der Waals surface area (Å²) in [5, 5.41) is 3.12. The Bertz CT molecular complexity index is 584. The molecule has 0 aliphatic rings. The number of nitrogens with one attached hydrogen (secondary N) is 1. The number of esters is 1. The summed E-state index contributed by atoms with van der Waals surface area (Å²) in [4.78, 5) is 19.5. The zero-order valence-electron chi connectivity index (χ0n) is 10.9. The average molecular weight is 257 g/mol. The highest BCUT2D eigenvalue weighted by molar-refractivity contribution is 5.85. The Kier molecular flexibility index (Phi) is 4.07. The summed E-state index contributed by atoms with van der Waals surface area (Å²) in [7, 11) is 0. The molecule has 0 aliphatic heterocycles. The van der Waals surface area contributed by atoms with Crippen LogP contribution in [0.2, 0.25) is 0 Å². The van der Waals surface area contributed by atoms with Crippen LogP contribution < -0.4 is 5.32 Å². The summed E-state index contributed by atoms with van der Waals surface area (Å²) in [5.41, 5.74) is 2.05. The smallest absolute Gasteiger partial charge is 0.376 e. The zero-order chi connectivity index (χ0) is 13.7. The zero-order valence-corrected chi connectivity index (χ0v) is 10.9. The molecule has 0 aliphatic carbocycles. The Morgan fingerprint density at radius 2 is 2.21 bits per heavy atom. The maximum absolute atomic E-state index is 11.5. The number of aryl methyl sites for hydroxylation is 1. The highest BCUT2D eigenvalue weighted by Crippen LogP contribution is 2.15. The molecule has 0 bridgehead atoms. The summed E-state index contributed by atoms with van der Waals surface area (Å²) in [5.74, 6) is 0.0959. The molecule has 0 atom stereocenters. The number of hydrogen-bond acceptors (Lipinski definition) is 5. The van der Waals surface area contributed by atoms with E-state index in [0.29, 0.717) is 12.4 Å². The Balaban J connectivity index is 2.17. The first-order chi connectivity index (χ1) is 9.19. The Hall–Kier alpha value is -2.43. The van der Waals surface area contributed by atoms with Crippen molar-refractivity contribution >= 4 is 17.5 Å². The monoisotopic (exact) mass is 257 g/mol. The second kappa shape index (κ2) is 5.95. The molecule has 2 aromatic rings. The van der Waals surface area contributed by atoms with Crippen LogP contribution in [0.15, 0.2) is 36.5 Å². The van der Waals surface area contributed by atoms with E-state index in [9.17, 15) is 4.79 Å². The molecule has 0 saturated heterocycles. The highest BCUT2D eigenvalue weighted by atomic mass is 16.5. The Morgan fingerprint density at radius 3 is 2.95 bits per heavy atom. The van der Waals surface area contributed by atoms with E-state index in [-0.39, 0.29) is 5.82 Å². The number of aromatic nitrogens is 2. The molecule has 98 valence electrons. The topological polar surface area (TPSA) is 64.1 Å². The highest BCUT2D eigenvalue weighted by Gasteiger charge is 2.10. The van der Waals surface area contributed by atoms with Crippen LogP contribution in [0.25, 0.3) is 0 Å². The number of anilines is 2. The first-order valence-electron chi connectivity index (χ1n) is 6.03. The van der Waals surface area contributed by atoms with Crippen molar-refractivity contribution in [3.63, 3.8) is 0 Å². The van der Waals surface area contributed by atoms with Crippen molar-refractivity contribution < 1.29 is 9.53 Å². The van der Waals surface area contributed by atoms with Crippen molar-refractivity contribution in [3.8, 4) is 0 Å². The predicted octanol–water partition coefficient (Wildman–Crippen LogP) is 2.71. The van der Waals surface area contributed by atoms with E-state index in [0.717, 1.165) is 11.3 Å². The number of nitrogens with zero attached hydrogens (tertiary/aromatic N) is 2. The number of carbonyl (C=O) groups excluding carboxylic acids is 1. The molecule has 1 aromatic heterocycles. The lowest BCUT2D eigenvalue weighted by Crippen LogP contribution is -2.10. The molecule has 1 N–H and O–H groups in total. The Morgan fingerprint density at radius 1 is 1.37 bits per heavy atom. The predicted molar refractivity (Wildman–Crippen MR) is 72.5 cm³/mol. The van der Waals surface area contributed by atoms with Gasteiger partial charge in [0.1, 0.15) is 5.82 Å². The van der Waals surface area contributed by atoms with Gasteiger partial charge >= 0.3 is 5.97 Å². The minimum Gasteiger partial charge on any atom is -0.460 e. The molecule has 1 heterocycles. The van der Waals surface area contributed by atoms with Crippen LogP contribution in [-0.2, 0) is 4.74 Å². The van der Waals surface area contributed by atoms with Gasteiger partial charge < -0.3 is 10.1 Å². The molecule has 0 radical (unpaired) electrons. The summed E-state index contributed by atoms with van der Waals surface area (Å²) in [6, 6.07) is 9.58. The molecule has 0 amide bonds. The number of ether oxygens (including phenoxy) is 1. The van der Waals surface area contributed by atoms with Gasteiger partial charge in [0.25, 0.3) is 0 Å². The van der Waals surface area contributed by atoms with Crippen LogP contribution in [0.1, 0.15) is 23.1 Å². The van der Waals surface area contributed by atoms with Gasteiger partial charge in [-0.15, -0.1) is 0 Å². The fourth-order valence-corrected chi connectivity index (χ4v) is 1.59. The summed E-state index contributed by atoms with van der Waals surface area (Å²) in [6.07, 6.45) is 1.53. The van der Waals surface area contributed by atoms with E-state index in [2.05, 4.69) is 15.3 Å². The van der Waals surface area contributed by atoms with Gasteiger partial charge in [0, 0.05) is 11.9 Å². The van der Waals surface area contributed by atoms with Crippen LogP contribution in [0, 0.1) is 6.92 Å². The molecule has 5 heteroatoms. The second-order valence-corrected chi connectivity index (χ2v) is 3.98. The van der Waals surface area contributed by atoms with Crippen LogP contribution in [-0.4, -0.2) is 22.5 Å². The lowest BCUT2D eigenvalue weighted by molar-refractivity contribution is 0.0512. The van der Waals surface area contributed by atoms with Crippen molar-refractivity contribution in [2.75, 3.05) is 11.9 Å². The largest absolute Gasteiger partial charge is 0.460 e. The summed E-state index contributed by atoms with van der Waals surface area (Å²) in [6.45, 7) is 4.06. The van der Waals surface area contributed by atoms with Crippen LogP contribution >= 0.6 is 0 Å². The number of carbonyl (C=O) groups is 1. The summed E-state index contributed by atoms with van der Waals surface area (Å²) >= 11 is 0. The lowest BCUT2D eigenvalue weighted by atomic mass is 10.2. The van der Waals surface area contributed by atoms with Crippen molar-refractivity contribution in [1.29, 1.82) is 0 Å². The molecule has 0 unspecified atom stereocenters. The third-order valence-corrected chi connectivity index (χ3v) is 2.40. The van der Waals surface area contributed by atoms with Gasteiger partial charge in [-0.05, 0) is 37.6 Å². The van der Waals surface area contributed by atoms with Gasteiger partial charge in [-0.1, -0.05) is 12.1 Å². The quantitative estimate of drug-likeness (QED) is 0.853. The maximum atomic E-state index is 11.5. The number of hydrogen-bond donors (Lipinski definition) is 1. The van der Waals surface area contributed by atoms with Crippen LogP contribution in [0.5, 0.6) is 0 Å². The molecule has 19 heavy (non-hydrogen) atoms. The van der Waals surface area contributed by atoms with Gasteiger partial charge in [-0.25, -0.2) is 14.8 Å². The molecule has 0 saturated carbocycles. The van der Waals surface area contributed by atoms with E-state index in [1.807, 2.05) is 31.2 Å².